The Balaban J connectivity index is 1.91. The second kappa shape index (κ2) is 14.8. The zero-order valence-electron chi connectivity index (χ0n) is 27.9. The van der Waals surface area contributed by atoms with Gasteiger partial charge in [0.1, 0.15) is 48.4 Å². The number of alkyl carbamates (subject to hydrolysis) is 1. The number of hydrogen-bond acceptors (Lipinski definition) is 15. The van der Waals surface area contributed by atoms with E-state index in [9.17, 15) is 34.3 Å². The minimum atomic E-state index is -2.23. The summed E-state index contributed by atoms with van der Waals surface area (Å²) in [6, 6.07) is 3.54. The number of ether oxygens (including phenoxy) is 6. The number of amides is 2. The van der Waals surface area contributed by atoms with E-state index in [1.54, 1.807) is 41.5 Å². The molecule has 5 atom stereocenters. The second-order valence-electron chi connectivity index (χ2n) is 12.8. The van der Waals surface area contributed by atoms with Gasteiger partial charge in [0, 0.05) is 13.3 Å². The van der Waals surface area contributed by atoms with Crippen molar-refractivity contribution in [1.29, 1.82) is 5.26 Å². The normalized spacial score (nSPS) is 21.4. The number of hydrogen-bond donors (Lipinski definition) is 3. The van der Waals surface area contributed by atoms with Crippen LogP contribution >= 0.6 is 0 Å². The highest BCUT2D eigenvalue weighted by atomic mass is 16.7. The van der Waals surface area contributed by atoms with Crippen LogP contribution in [0.1, 0.15) is 67.5 Å². The van der Waals surface area contributed by atoms with Gasteiger partial charge >= 0.3 is 30.1 Å². The third-order valence-electron chi connectivity index (χ3n) is 6.81. The van der Waals surface area contributed by atoms with Gasteiger partial charge in [-0.05, 0) is 38.3 Å². The van der Waals surface area contributed by atoms with Crippen molar-refractivity contribution < 1.29 is 57.5 Å². The van der Waals surface area contributed by atoms with Gasteiger partial charge in [0.05, 0.1) is 5.69 Å². The smallest absolute Gasteiger partial charge is 0.415 e. The number of aliphatic hydroxyl groups is 1. The average molecular weight is 677 g/mol. The maximum Gasteiger partial charge on any atom is 0.415 e. The van der Waals surface area contributed by atoms with Crippen LogP contribution in [0.3, 0.4) is 0 Å². The zero-order chi connectivity index (χ0) is 36.0. The summed E-state index contributed by atoms with van der Waals surface area (Å²) in [6.45, 7) is 11.5. The van der Waals surface area contributed by atoms with E-state index in [4.69, 9.17) is 23.7 Å². The van der Waals surface area contributed by atoms with Crippen molar-refractivity contribution in [3.63, 3.8) is 0 Å². The number of aromatic nitrogens is 3. The summed E-state index contributed by atoms with van der Waals surface area (Å²) in [5.74, 6) is -2.34. The molecular weight excluding hydrogens is 636 g/mol. The Morgan fingerprint density at radius 1 is 1.10 bits per heavy atom. The predicted molar refractivity (Wildman–Crippen MR) is 162 cm³/mol. The number of rotatable bonds is 10. The van der Waals surface area contributed by atoms with Crippen LogP contribution in [0.5, 0.6) is 0 Å². The number of carbonyl (C=O) groups is 5. The van der Waals surface area contributed by atoms with Crippen molar-refractivity contribution in [1.82, 2.24) is 19.9 Å². The van der Waals surface area contributed by atoms with Gasteiger partial charge in [-0.2, -0.15) is 10.4 Å². The van der Waals surface area contributed by atoms with Gasteiger partial charge in [-0.15, -0.1) is 0 Å². The first-order chi connectivity index (χ1) is 22.3. The van der Waals surface area contributed by atoms with Gasteiger partial charge in [-0.1, -0.05) is 27.7 Å². The Bertz CT molecular complexity index is 1570. The van der Waals surface area contributed by atoms with Crippen LogP contribution in [0.25, 0.3) is 5.52 Å². The van der Waals surface area contributed by atoms with Crippen molar-refractivity contribution in [2.24, 2.45) is 5.41 Å². The average Bonchev–Trinajstić information content (AvgIpc) is 3.53. The lowest BCUT2D eigenvalue weighted by molar-refractivity contribution is -0.162. The molecule has 3 heterocycles. The Kier molecular flexibility index (Phi) is 11.6. The minimum Gasteiger partial charge on any atom is -0.461 e. The van der Waals surface area contributed by atoms with E-state index in [0.29, 0.717) is 0 Å². The van der Waals surface area contributed by atoms with Crippen molar-refractivity contribution in [2.45, 2.75) is 97.4 Å². The van der Waals surface area contributed by atoms with Crippen LogP contribution in [-0.4, -0.2) is 93.2 Å². The summed E-state index contributed by atoms with van der Waals surface area (Å²) < 4.78 is 32.8. The molecule has 0 bridgehead atoms. The zero-order valence-corrected chi connectivity index (χ0v) is 27.9. The van der Waals surface area contributed by atoms with Crippen LogP contribution in [0.4, 0.5) is 15.4 Å². The Morgan fingerprint density at radius 2 is 1.79 bits per heavy atom. The summed E-state index contributed by atoms with van der Waals surface area (Å²) >= 11 is 0. The molecule has 1 aliphatic rings. The minimum absolute atomic E-state index is 0.0447. The van der Waals surface area contributed by atoms with Crippen molar-refractivity contribution in [2.75, 3.05) is 18.7 Å². The fourth-order valence-corrected chi connectivity index (χ4v) is 4.59. The molecule has 2 amide bonds. The van der Waals surface area contributed by atoms with Crippen molar-refractivity contribution >= 4 is 41.4 Å². The van der Waals surface area contributed by atoms with Gasteiger partial charge in [0.15, 0.2) is 11.9 Å². The molecule has 1 aliphatic heterocycles. The lowest BCUT2D eigenvalue weighted by atomic mass is 9.87. The van der Waals surface area contributed by atoms with Crippen molar-refractivity contribution in [3.8, 4) is 6.07 Å². The van der Waals surface area contributed by atoms with Gasteiger partial charge in [0.25, 0.3) is 0 Å². The summed E-state index contributed by atoms with van der Waals surface area (Å²) in [4.78, 5) is 65.3. The number of fused-ring (bicyclic) bond motifs is 1. The van der Waals surface area contributed by atoms with E-state index < -0.39 is 84.5 Å². The third kappa shape index (κ3) is 8.86. The molecule has 18 nitrogen and oxygen atoms in total. The number of nitriles is 1. The van der Waals surface area contributed by atoms with Crippen LogP contribution < -0.4 is 10.6 Å². The molecule has 2 aromatic rings. The first kappa shape index (κ1) is 37.4. The maximum absolute atomic E-state index is 13.3. The predicted octanol–water partition coefficient (Wildman–Crippen LogP) is 2.08. The number of aliphatic hydroxyl groups excluding tert-OH is 1. The Hall–Kier alpha value is -5.02. The molecule has 1 fully saturated rings. The van der Waals surface area contributed by atoms with E-state index in [1.807, 2.05) is 6.07 Å². The third-order valence-corrected chi connectivity index (χ3v) is 6.81. The highest BCUT2D eigenvalue weighted by molar-refractivity contribution is 5.88. The molecule has 3 rings (SSSR count). The van der Waals surface area contributed by atoms with E-state index in [-0.39, 0.29) is 23.4 Å². The molecule has 0 aromatic carbocycles. The SMILES string of the molecule is CCC(=O)O[C@H]1[C@@H](O)[C@](C#N)(c2ccc3c(NC(=O)OCOC(C)=O)ncnn23)O[C@@H]1COC(=O)[C@@H](NC(=O)OC(C)(C)C)C(C)(C)C. The first-order valence-corrected chi connectivity index (χ1v) is 14.9. The molecule has 0 saturated carbocycles. The molecule has 0 radical (unpaired) electrons. The van der Waals surface area contributed by atoms with E-state index >= 15 is 0 Å². The number of nitrogens with zero attached hydrogens (tertiary/aromatic N) is 4. The van der Waals surface area contributed by atoms with E-state index in [2.05, 4.69) is 25.5 Å². The molecule has 0 spiro atoms. The quantitative estimate of drug-likeness (QED) is 0.185. The summed E-state index contributed by atoms with van der Waals surface area (Å²) in [7, 11) is 0. The fourth-order valence-electron chi connectivity index (χ4n) is 4.59. The van der Waals surface area contributed by atoms with Crippen LogP contribution in [0.15, 0.2) is 18.5 Å². The molecule has 2 aromatic heterocycles. The molecule has 18 heteroatoms. The van der Waals surface area contributed by atoms with E-state index in [0.717, 1.165) is 17.8 Å². The Labute approximate surface area is 275 Å². The molecule has 3 N–H and O–H groups in total. The van der Waals surface area contributed by atoms with Gasteiger partial charge in [-0.25, -0.2) is 23.9 Å². The van der Waals surface area contributed by atoms with Crippen LogP contribution in [-0.2, 0) is 48.4 Å². The molecule has 262 valence electrons. The number of esters is 3. The molecule has 48 heavy (non-hydrogen) atoms. The fraction of sp³-hybridized carbons (Fsp3) is 0.600. The summed E-state index contributed by atoms with van der Waals surface area (Å²) in [5.41, 5.74) is -3.81. The highest BCUT2D eigenvalue weighted by Gasteiger charge is 2.60. The lowest BCUT2D eigenvalue weighted by Gasteiger charge is -2.31. The molecule has 1 saturated heterocycles. The van der Waals surface area contributed by atoms with Crippen LogP contribution in [0, 0.1) is 16.7 Å². The highest BCUT2D eigenvalue weighted by Crippen LogP contribution is 2.42. The van der Waals surface area contributed by atoms with E-state index in [1.165, 1.54) is 19.1 Å². The van der Waals surface area contributed by atoms with Gasteiger partial charge < -0.3 is 38.8 Å². The topological polar surface area (TPSA) is 239 Å². The number of anilines is 1. The largest absolute Gasteiger partial charge is 0.461 e. The molecule has 0 unspecified atom stereocenters. The number of carbonyl (C=O) groups excluding carboxylic acids is 5. The maximum atomic E-state index is 13.3. The van der Waals surface area contributed by atoms with Crippen LogP contribution in [0.2, 0.25) is 0 Å². The van der Waals surface area contributed by atoms with Crippen molar-refractivity contribution in [3.05, 3.63) is 24.2 Å². The molecular formula is C30H40N6O12. The Morgan fingerprint density at radius 3 is 2.38 bits per heavy atom. The lowest BCUT2D eigenvalue weighted by Crippen LogP contribution is -2.51. The van der Waals surface area contributed by atoms with Gasteiger partial charge in [-0.3, -0.25) is 14.9 Å². The monoisotopic (exact) mass is 676 g/mol. The second-order valence-corrected chi connectivity index (χ2v) is 12.8. The van der Waals surface area contributed by atoms with Gasteiger partial charge in [0.2, 0.25) is 12.4 Å². The first-order valence-electron chi connectivity index (χ1n) is 14.9. The standard InChI is InChI=1S/C30H40N6O12/c1-9-20(38)46-21-18(12-43-25(40)22(28(3,4)5)34-27(42)48-29(6,7)8)47-30(13-31,23(21)39)19-11-10-17-24(32-14-33-36(17)19)35-26(41)45-15-44-16(2)37/h10-11,14,18,21-23,39H,9,12,15H2,1-8H3,(H,34,42)(H,32,33,35,41)/t18-,21-,22-,23-,30+/m1/s1. The summed E-state index contributed by atoms with van der Waals surface area (Å²) in [6.07, 6.45) is -5.57. The number of nitrogens with one attached hydrogen (secondary N) is 2. The summed E-state index contributed by atoms with van der Waals surface area (Å²) in [5, 5.41) is 30.9. The molecule has 0 aliphatic carbocycles.